The first-order chi connectivity index (χ1) is 8.49. The fourth-order valence-electron chi connectivity index (χ4n) is 2.13. The molecule has 1 atom stereocenters. The zero-order valence-electron chi connectivity index (χ0n) is 10.7. The topological polar surface area (TPSA) is 29.5 Å². The number of morpholine rings is 1. The van der Waals surface area contributed by atoms with E-state index >= 15 is 0 Å². The summed E-state index contributed by atoms with van der Waals surface area (Å²) in [6.45, 7) is 5.73. The van der Waals surface area contributed by atoms with Crippen molar-refractivity contribution in [2.45, 2.75) is 24.8 Å². The van der Waals surface area contributed by atoms with Gasteiger partial charge < -0.3 is 9.64 Å². The van der Waals surface area contributed by atoms with Crippen LogP contribution in [0.25, 0.3) is 0 Å². The maximum atomic E-state index is 12.3. The minimum atomic E-state index is -0.611. The predicted molar refractivity (Wildman–Crippen MR) is 71.6 cm³/mol. The Balaban J connectivity index is 2.07. The molecule has 1 fully saturated rings. The molecule has 1 aromatic rings. The molecule has 18 heavy (non-hydrogen) atoms. The third kappa shape index (κ3) is 3.03. The van der Waals surface area contributed by atoms with Crippen molar-refractivity contribution in [2.75, 3.05) is 19.7 Å². The van der Waals surface area contributed by atoms with Gasteiger partial charge >= 0.3 is 0 Å². The van der Waals surface area contributed by atoms with Gasteiger partial charge in [-0.05, 0) is 19.4 Å². The summed E-state index contributed by atoms with van der Waals surface area (Å²) in [7, 11) is 0. The van der Waals surface area contributed by atoms with E-state index in [0.29, 0.717) is 19.7 Å². The van der Waals surface area contributed by atoms with Crippen molar-refractivity contribution < 1.29 is 9.53 Å². The van der Waals surface area contributed by atoms with Gasteiger partial charge in [0.2, 0.25) is 5.91 Å². The van der Waals surface area contributed by atoms with Gasteiger partial charge in [-0.15, -0.1) is 11.6 Å². The molecule has 2 rings (SSSR count). The summed E-state index contributed by atoms with van der Waals surface area (Å²) in [5, 5.41) is -0.611. The van der Waals surface area contributed by atoms with Crippen molar-refractivity contribution in [3.63, 3.8) is 0 Å². The van der Waals surface area contributed by atoms with Crippen LogP contribution in [0.2, 0.25) is 0 Å². The lowest BCUT2D eigenvalue weighted by molar-refractivity contribution is -0.145. The number of ether oxygens (including phenoxy) is 1. The van der Waals surface area contributed by atoms with Gasteiger partial charge in [0.25, 0.3) is 0 Å². The summed E-state index contributed by atoms with van der Waals surface area (Å²) in [4.78, 5) is 14.1. The largest absolute Gasteiger partial charge is 0.372 e. The van der Waals surface area contributed by atoms with Gasteiger partial charge in [-0.3, -0.25) is 4.79 Å². The van der Waals surface area contributed by atoms with Crippen molar-refractivity contribution in [1.29, 1.82) is 0 Å². The molecule has 4 heteroatoms. The average Bonchev–Trinajstić information content (AvgIpc) is 2.37. The monoisotopic (exact) mass is 267 g/mol. The number of benzene rings is 1. The fraction of sp³-hybridized carbons (Fsp3) is 0.500. The lowest BCUT2D eigenvalue weighted by Gasteiger charge is -2.38. The Hall–Kier alpha value is -1.06. The van der Waals surface area contributed by atoms with Crippen molar-refractivity contribution >= 4 is 17.5 Å². The fourth-order valence-corrected chi connectivity index (χ4v) is 2.41. The Kier molecular flexibility index (Phi) is 3.93. The molecule has 1 aliphatic heterocycles. The van der Waals surface area contributed by atoms with Crippen LogP contribution in [0.1, 0.15) is 24.8 Å². The lowest BCUT2D eigenvalue weighted by atomic mass is 10.1. The second-order valence-electron chi connectivity index (χ2n) is 5.14. The normalized spacial score (nSPS) is 20.5. The number of amides is 1. The molecule has 0 bridgehead atoms. The maximum absolute atomic E-state index is 12.3. The van der Waals surface area contributed by atoms with E-state index < -0.39 is 5.38 Å². The van der Waals surface area contributed by atoms with Crippen molar-refractivity contribution in [3.05, 3.63) is 35.9 Å². The zero-order valence-corrected chi connectivity index (χ0v) is 11.5. The van der Waals surface area contributed by atoms with E-state index in [1.807, 2.05) is 44.2 Å². The second kappa shape index (κ2) is 5.29. The minimum absolute atomic E-state index is 0.0424. The van der Waals surface area contributed by atoms with Gasteiger partial charge in [0.15, 0.2) is 0 Å². The highest BCUT2D eigenvalue weighted by atomic mass is 35.5. The molecule has 0 saturated carbocycles. The van der Waals surface area contributed by atoms with Crippen LogP contribution < -0.4 is 0 Å². The Morgan fingerprint density at radius 3 is 2.67 bits per heavy atom. The predicted octanol–water partition coefficient (Wildman–Crippen LogP) is 2.60. The number of hydrogen-bond acceptors (Lipinski definition) is 2. The van der Waals surface area contributed by atoms with Crippen LogP contribution in [0.15, 0.2) is 30.3 Å². The van der Waals surface area contributed by atoms with Crippen LogP contribution in [-0.2, 0) is 9.53 Å². The number of alkyl halides is 1. The van der Waals surface area contributed by atoms with Crippen LogP contribution in [-0.4, -0.2) is 36.1 Å². The van der Waals surface area contributed by atoms with E-state index in [4.69, 9.17) is 16.3 Å². The quantitative estimate of drug-likeness (QED) is 0.771. The third-order valence-electron chi connectivity index (χ3n) is 3.05. The Labute approximate surface area is 113 Å². The summed E-state index contributed by atoms with van der Waals surface area (Å²) >= 11 is 6.25. The molecule has 3 nitrogen and oxygen atoms in total. The summed E-state index contributed by atoms with van der Waals surface area (Å²) < 4.78 is 5.59. The molecule has 0 aliphatic carbocycles. The molecule has 1 heterocycles. The van der Waals surface area contributed by atoms with E-state index in [0.717, 1.165) is 5.56 Å². The number of carbonyl (C=O) groups excluding carboxylic acids is 1. The maximum Gasteiger partial charge on any atom is 0.245 e. The Morgan fingerprint density at radius 1 is 1.39 bits per heavy atom. The van der Waals surface area contributed by atoms with Crippen LogP contribution in [0.4, 0.5) is 0 Å². The standard InChI is InChI=1S/C14H18ClNO2/c1-14(2)10-16(8-9-18-14)13(17)12(15)11-6-4-3-5-7-11/h3-7,12H,8-10H2,1-2H3. The van der Waals surface area contributed by atoms with Crippen LogP contribution in [0.5, 0.6) is 0 Å². The molecule has 1 unspecified atom stereocenters. The molecule has 1 aliphatic rings. The summed E-state index contributed by atoms with van der Waals surface area (Å²) in [5.74, 6) is -0.0424. The molecule has 98 valence electrons. The van der Waals surface area contributed by atoms with Crippen molar-refractivity contribution in [2.24, 2.45) is 0 Å². The highest BCUT2D eigenvalue weighted by Crippen LogP contribution is 2.25. The highest BCUT2D eigenvalue weighted by molar-refractivity contribution is 6.30. The first-order valence-electron chi connectivity index (χ1n) is 6.11. The number of nitrogens with zero attached hydrogens (tertiary/aromatic N) is 1. The molecular weight excluding hydrogens is 250 g/mol. The van der Waals surface area contributed by atoms with Gasteiger partial charge in [-0.25, -0.2) is 0 Å². The van der Waals surface area contributed by atoms with Gasteiger partial charge in [-0.1, -0.05) is 30.3 Å². The Morgan fingerprint density at radius 2 is 2.06 bits per heavy atom. The minimum Gasteiger partial charge on any atom is -0.372 e. The van der Waals surface area contributed by atoms with E-state index in [-0.39, 0.29) is 11.5 Å². The highest BCUT2D eigenvalue weighted by Gasteiger charge is 2.32. The van der Waals surface area contributed by atoms with Gasteiger partial charge in [0, 0.05) is 13.1 Å². The van der Waals surface area contributed by atoms with E-state index in [1.165, 1.54) is 0 Å². The van der Waals surface area contributed by atoms with E-state index in [2.05, 4.69) is 0 Å². The number of carbonyl (C=O) groups is 1. The zero-order chi connectivity index (χ0) is 13.2. The molecule has 0 N–H and O–H groups in total. The first-order valence-corrected chi connectivity index (χ1v) is 6.55. The van der Waals surface area contributed by atoms with Crippen molar-refractivity contribution in [3.8, 4) is 0 Å². The van der Waals surface area contributed by atoms with Gasteiger partial charge in [-0.2, -0.15) is 0 Å². The summed E-state index contributed by atoms with van der Waals surface area (Å²) in [6, 6.07) is 9.44. The molecule has 0 aromatic heterocycles. The molecule has 1 amide bonds. The summed E-state index contributed by atoms with van der Waals surface area (Å²) in [6.07, 6.45) is 0. The molecule has 0 spiro atoms. The number of rotatable bonds is 2. The van der Waals surface area contributed by atoms with Gasteiger partial charge in [0.05, 0.1) is 12.2 Å². The molecule has 0 radical (unpaired) electrons. The SMILES string of the molecule is CC1(C)CN(C(=O)C(Cl)c2ccccc2)CCO1. The third-order valence-corrected chi connectivity index (χ3v) is 3.49. The molecule has 1 saturated heterocycles. The average molecular weight is 268 g/mol. The van der Waals surface area contributed by atoms with Crippen LogP contribution in [0.3, 0.4) is 0 Å². The first kappa shape index (κ1) is 13.4. The van der Waals surface area contributed by atoms with E-state index in [9.17, 15) is 4.79 Å². The van der Waals surface area contributed by atoms with Gasteiger partial charge in [0.1, 0.15) is 5.38 Å². The van der Waals surface area contributed by atoms with Crippen molar-refractivity contribution in [1.82, 2.24) is 4.90 Å². The van der Waals surface area contributed by atoms with Crippen LogP contribution in [0, 0.1) is 0 Å². The number of halogens is 1. The molecule has 1 aromatic carbocycles. The number of hydrogen-bond donors (Lipinski definition) is 0. The molecular formula is C14H18ClNO2. The van der Waals surface area contributed by atoms with Crippen LogP contribution >= 0.6 is 11.6 Å². The lowest BCUT2D eigenvalue weighted by Crippen LogP contribution is -2.51. The Bertz CT molecular complexity index is 419. The second-order valence-corrected chi connectivity index (χ2v) is 5.58. The smallest absolute Gasteiger partial charge is 0.245 e. The summed E-state index contributed by atoms with van der Waals surface area (Å²) in [5.41, 5.74) is 0.551. The van der Waals surface area contributed by atoms with E-state index in [1.54, 1.807) is 4.90 Å².